The molecule has 1 aromatic heterocycles. The Labute approximate surface area is 121 Å². The van der Waals surface area contributed by atoms with Crippen molar-refractivity contribution in [2.75, 3.05) is 43.9 Å². The molecule has 0 aliphatic rings. The first-order valence-electron chi connectivity index (χ1n) is 7.15. The molecule has 114 valence electrons. The minimum Gasteiger partial charge on any atom is -0.461 e. The van der Waals surface area contributed by atoms with Crippen molar-refractivity contribution in [1.29, 1.82) is 0 Å². The molecule has 0 atom stereocenters. The Balaban J connectivity index is 2.64. The summed E-state index contributed by atoms with van der Waals surface area (Å²) in [6.07, 6.45) is 0.0330. The summed E-state index contributed by atoms with van der Waals surface area (Å²) in [5.74, 6) is 1.04. The van der Waals surface area contributed by atoms with E-state index >= 15 is 0 Å². The summed E-state index contributed by atoms with van der Waals surface area (Å²) in [4.78, 5) is 15.0. The second-order valence-electron chi connectivity index (χ2n) is 4.64. The average Bonchev–Trinajstić information content (AvgIpc) is 2.42. The van der Waals surface area contributed by atoms with E-state index in [1.54, 1.807) is 7.05 Å². The molecule has 0 radical (unpaired) electrons. The Morgan fingerprint density at radius 3 is 2.30 bits per heavy atom. The van der Waals surface area contributed by atoms with E-state index in [0.717, 1.165) is 26.2 Å². The van der Waals surface area contributed by atoms with Gasteiger partial charge in [0.05, 0.1) is 6.10 Å². The Kier molecular flexibility index (Phi) is 7.00. The number of ether oxygens (including phenoxy) is 1. The molecule has 0 aliphatic heterocycles. The maximum atomic E-state index is 5.51. The van der Waals surface area contributed by atoms with Crippen LogP contribution in [0.4, 0.5) is 11.9 Å². The number of nitrogens with one attached hydrogen (secondary N) is 2. The van der Waals surface area contributed by atoms with Gasteiger partial charge in [-0.3, -0.25) is 0 Å². The van der Waals surface area contributed by atoms with E-state index in [2.05, 4.69) is 44.3 Å². The number of aromatic nitrogens is 3. The fraction of sp³-hybridized carbons (Fsp3) is 0.769. The first-order valence-corrected chi connectivity index (χ1v) is 7.15. The molecule has 0 bridgehead atoms. The zero-order chi connectivity index (χ0) is 15.0. The molecule has 7 nitrogen and oxygen atoms in total. The first-order chi connectivity index (χ1) is 9.58. The lowest BCUT2D eigenvalue weighted by Gasteiger charge is -2.18. The molecule has 0 saturated heterocycles. The predicted octanol–water partition coefficient (Wildman–Crippen LogP) is 1.45. The van der Waals surface area contributed by atoms with Gasteiger partial charge in [-0.2, -0.15) is 15.0 Å². The third-order valence-corrected chi connectivity index (χ3v) is 2.79. The summed E-state index contributed by atoms with van der Waals surface area (Å²) in [5, 5.41) is 6.12. The van der Waals surface area contributed by atoms with E-state index in [1.807, 2.05) is 13.8 Å². The van der Waals surface area contributed by atoms with Gasteiger partial charge in [-0.15, -0.1) is 0 Å². The monoisotopic (exact) mass is 282 g/mol. The summed E-state index contributed by atoms with van der Waals surface area (Å²) < 4.78 is 5.51. The van der Waals surface area contributed by atoms with Crippen molar-refractivity contribution >= 4 is 11.9 Å². The van der Waals surface area contributed by atoms with E-state index < -0.39 is 0 Å². The third-order valence-electron chi connectivity index (χ3n) is 2.79. The standard InChI is InChI=1S/C13H26N6O/c1-6-19(7-2)9-8-15-12-16-11(14-5)17-13(18-12)20-10(3)4/h10H,6-9H2,1-5H3,(H2,14,15,16,17,18). The highest BCUT2D eigenvalue weighted by Gasteiger charge is 2.08. The van der Waals surface area contributed by atoms with Gasteiger partial charge in [0.25, 0.3) is 0 Å². The highest BCUT2D eigenvalue weighted by atomic mass is 16.5. The molecule has 1 aromatic rings. The second kappa shape index (κ2) is 8.52. The summed E-state index contributed by atoms with van der Waals surface area (Å²) in [6.45, 7) is 12.0. The molecule has 0 spiro atoms. The summed E-state index contributed by atoms with van der Waals surface area (Å²) in [6, 6.07) is 0.338. The van der Waals surface area contributed by atoms with Crippen LogP contribution in [0.5, 0.6) is 6.01 Å². The number of anilines is 2. The average molecular weight is 282 g/mol. The predicted molar refractivity (Wildman–Crippen MR) is 81.4 cm³/mol. The van der Waals surface area contributed by atoms with Crippen molar-refractivity contribution in [2.24, 2.45) is 0 Å². The molecule has 20 heavy (non-hydrogen) atoms. The van der Waals surface area contributed by atoms with Crippen LogP contribution in [-0.2, 0) is 0 Å². The number of rotatable bonds is 9. The Bertz CT molecular complexity index is 394. The van der Waals surface area contributed by atoms with Gasteiger partial charge in [0.1, 0.15) is 0 Å². The molecule has 7 heteroatoms. The normalized spacial score (nSPS) is 10.9. The van der Waals surface area contributed by atoms with Gasteiger partial charge in [0.15, 0.2) is 0 Å². The molecule has 0 saturated carbocycles. The van der Waals surface area contributed by atoms with Crippen LogP contribution in [0.2, 0.25) is 0 Å². The van der Waals surface area contributed by atoms with Gasteiger partial charge in [-0.05, 0) is 26.9 Å². The SMILES string of the molecule is CCN(CC)CCNc1nc(NC)nc(OC(C)C)n1. The fourth-order valence-electron chi connectivity index (χ4n) is 1.68. The topological polar surface area (TPSA) is 75.2 Å². The Morgan fingerprint density at radius 1 is 1.10 bits per heavy atom. The van der Waals surface area contributed by atoms with Crippen LogP contribution in [0.3, 0.4) is 0 Å². The van der Waals surface area contributed by atoms with E-state index in [1.165, 1.54) is 0 Å². The third kappa shape index (κ3) is 5.56. The summed E-state index contributed by atoms with van der Waals surface area (Å²) >= 11 is 0. The van der Waals surface area contributed by atoms with Gasteiger partial charge in [0.2, 0.25) is 11.9 Å². The molecule has 2 N–H and O–H groups in total. The fourth-order valence-corrected chi connectivity index (χ4v) is 1.68. The molecule has 0 aliphatic carbocycles. The van der Waals surface area contributed by atoms with E-state index in [4.69, 9.17) is 4.74 Å². The lowest BCUT2D eigenvalue weighted by atomic mass is 10.4. The zero-order valence-electron chi connectivity index (χ0n) is 13.1. The molecule has 0 amide bonds. The highest BCUT2D eigenvalue weighted by molar-refractivity contribution is 5.35. The number of hydrogen-bond acceptors (Lipinski definition) is 7. The smallest absolute Gasteiger partial charge is 0.323 e. The van der Waals surface area contributed by atoms with Crippen molar-refractivity contribution < 1.29 is 4.74 Å². The minimum atomic E-state index is 0.0330. The number of hydrogen-bond donors (Lipinski definition) is 2. The van der Waals surface area contributed by atoms with Crippen molar-refractivity contribution in [2.45, 2.75) is 33.8 Å². The molecule has 0 aromatic carbocycles. The van der Waals surface area contributed by atoms with Gasteiger partial charge < -0.3 is 20.3 Å². The first kappa shape index (κ1) is 16.4. The van der Waals surface area contributed by atoms with Crippen LogP contribution in [-0.4, -0.2) is 59.2 Å². The van der Waals surface area contributed by atoms with Crippen molar-refractivity contribution in [3.05, 3.63) is 0 Å². The Hall–Kier alpha value is -1.63. The second-order valence-corrected chi connectivity index (χ2v) is 4.64. The van der Waals surface area contributed by atoms with Gasteiger partial charge in [0, 0.05) is 20.1 Å². The lowest BCUT2D eigenvalue weighted by molar-refractivity contribution is 0.222. The number of likely N-dealkylation sites (N-methyl/N-ethyl adjacent to an activating group) is 1. The van der Waals surface area contributed by atoms with Crippen LogP contribution in [0.1, 0.15) is 27.7 Å². The summed E-state index contributed by atoms with van der Waals surface area (Å²) in [5.41, 5.74) is 0. The molecule has 0 unspecified atom stereocenters. The van der Waals surface area contributed by atoms with Crippen molar-refractivity contribution in [1.82, 2.24) is 19.9 Å². The largest absolute Gasteiger partial charge is 0.461 e. The Morgan fingerprint density at radius 2 is 1.75 bits per heavy atom. The van der Waals surface area contributed by atoms with Crippen LogP contribution in [0.25, 0.3) is 0 Å². The quantitative estimate of drug-likeness (QED) is 0.710. The van der Waals surface area contributed by atoms with Crippen LogP contribution < -0.4 is 15.4 Å². The highest BCUT2D eigenvalue weighted by Crippen LogP contribution is 2.11. The van der Waals surface area contributed by atoms with E-state index in [0.29, 0.717) is 17.9 Å². The van der Waals surface area contributed by atoms with Gasteiger partial charge >= 0.3 is 6.01 Å². The van der Waals surface area contributed by atoms with Crippen LogP contribution >= 0.6 is 0 Å². The van der Waals surface area contributed by atoms with Crippen LogP contribution in [0.15, 0.2) is 0 Å². The molecule has 1 rings (SSSR count). The van der Waals surface area contributed by atoms with E-state index in [-0.39, 0.29) is 6.10 Å². The lowest BCUT2D eigenvalue weighted by Crippen LogP contribution is -2.29. The maximum Gasteiger partial charge on any atom is 0.323 e. The van der Waals surface area contributed by atoms with Gasteiger partial charge in [-0.1, -0.05) is 13.8 Å². The molecular formula is C13H26N6O. The van der Waals surface area contributed by atoms with Crippen molar-refractivity contribution in [3.8, 4) is 6.01 Å². The van der Waals surface area contributed by atoms with Crippen molar-refractivity contribution in [3.63, 3.8) is 0 Å². The van der Waals surface area contributed by atoms with Gasteiger partial charge in [-0.25, -0.2) is 0 Å². The molecule has 0 fully saturated rings. The van der Waals surface area contributed by atoms with Crippen LogP contribution in [0, 0.1) is 0 Å². The zero-order valence-corrected chi connectivity index (χ0v) is 13.1. The molecule has 1 heterocycles. The number of nitrogens with zero attached hydrogens (tertiary/aromatic N) is 4. The summed E-state index contributed by atoms with van der Waals surface area (Å²) in [7, 11) is 1.77. The molecular weight excluding hydrogens is 256 g/mol. The maximum absolute atomic E-state index is 5.51. The minimum absolute atomic E-state index is 0.0330. The van der Waals surface area contributed by atoms with E-state index in [9.17, 15) is 0 Å².